The van der Waals surface area contributed by atoms with Gasteiger partial charge in [0.2, 0.25) is 0 Å². The van der Waals surface area contributed by atoms with Crippen LogP contribution < -0.4 is 5.32 Å². The second-order valence-corrected chi connectivity index (χ2v) is 6.14. The molecule has 23 heavy (non-hydrogen) atoms. The van der Waals surface area contributed by atoms with Crippen LogP contribution in [0, 0.1) is 5.82 Å². The predicted molar refractivity (Wildman–Crippen MR) is 82.4 cm³/mol. The van der Waals surface area contributed by atoms with Gasteiger partial charge in [0.05, 0.1) is 30.6 Å². The average Bonchev–Trinajstić information content (AvgIpc) is 3.35. The molecular formula is C18H17FN2O2. The van der Waals surface area contributed by atoms with Gasteiger partial charge in [-0.1, -0.05) is 12.1 Å². The second kappa shape index (κ2) is 5.42. The number of carbonyl (C=O) groups is 1. The van der Waals surface area contributed by atoms with E-state index < -0.39 is 5.54 Å². The summed E-state index contributed by atoms with van der Waals surface area (Å²) in [7, 11) is 0. The molecule has 0 spiro atoms. The molecule has 0 bridgehead atoms. The first-order valence-corrected chi connectivity index (χ1v) is 7.81. The van der Waals surface area contributed by atoms with Gasteiger partial charge in [0.15, 0.2) is 0 Å². The van der Waals surface area contributed by atoms with E-state index in [-0.39, 0.29) is 11.7 Å². The van der Waals surface area contributed by atoms with Gasteiger partial charge >= 0.3 is 0 Å². The molecule has 1 amide bonds. The maximum atomic E-state index is 13.0. The third kappa shape index (κ3) is 2.61. The Balaban J connectivity index is 1.60. The van der Waals surface area contributed by atoms with Gasteiger partial charge < -0.3 is 10.1 Å². The number of pyridine rings is 1. The number of hydrogen-bond donors (Lipinski definition) is 1. The van der Waals surface area contributed by atoms with E-state index in [1.807, 2.05) is 18.2 Å². The highest BCUT2D eigenvalue weighted by Gasteiger charge is 2.47. The van der Waals surface area contributed by atoms with Gasteiger partial charge in [-0.3, -0.25) is 9.78 Å². The molecule has 5 heteroatoms. The Kier molecular flexibility index (Phi) is 3.38. The Hall–Kier alpha value is -2.27. The number of fused-ring (bicyclic) bond motifs is 1. The molecule has 2 aromatic rings. The van der Waals surface area contributed by atoms with Crippen molar-refractivity contribution in [2.24, 2.45) is 0 Å². The molecule has 0 saturated heterocycles. The first-order chi connectivity index (χ1) is 11.2. The van der Waals surface area contributed by atoms with Crippen LogP contribution in [0.4, 0.5) is 4.39 Å². The van der Waals surface area contributed by atoms with Crippen molar-refractivity contribution in [1.29, 1.82) is 0 Å². The highest BCUT2D eigenvalue weighted by molar-refractivity contribution is 5.96. The molecule has 2 aliphatic rings. The van der Waals surface area contributed by atoms with Gasteiger partial charge in [-0.25, -0.2) is 4.39 Å². The first-order valence-electron chi connectivity index (χ1n) is 7.81. The number of nitrogens with zero attached hydrogens (tertiary/aromatic N) is 1. The molecule has 1 N–H and O–H groups in total. The fraction of sp³-hybridized carbons (Fsp3) is 0.333. The quantitative estimate of drug-likeness (QED) is 0.948. The Morgan fingerprint density at radius 1 is 1.26 bits per heavy atom. The standard InChI is InChI=1S/C18H17FN2O2/c19-13-4-5-16(20-10-13)18(7-8-18)21-17(22)15-3-1-2-12-11-23-9-6-14(12)15/h1-5,10H,6-9,11H2,(H,21,22). The van der Waals surface area contributed by atoms with Crippen LogP contribution in [-0.4, -0.2) is 17.5 Å². The molecule has 0 unspecified atom stereocenters. The predicted octanol–water partition coefficient (Wildman–Crippen LogP) is 2.71. The van der Waals surface area contributed by atoms with Gasteiger partial charge in [-0.2, -0.15) is 0 Å². The van der Waals surface area contributed by atoms with E-state index in [1.165, 1.54) is 12.3 Å². The fourth-order valence-electron chi connectivity index (χ4n) is 3.15. The van der Waals surface area contributed by atoms with Crippen molar-refractivity contribution in [3.63, 3.8) is 0 Å². The summed E-state index contributed by atoms with van der Waals surface area (Å²) in [5, 5.41) is 3.10. The van der Waals surface area contributed by atoms with Crippen LogP contribution >= 0.6 is 0 Å². The maximum Gasteiger partial charge on any atom is 0.252 e. The number of halogens is 1. The number of rotatable bonds is 3. The van der Waals surface area contributed by atoms with Crippen molar-refractivity contribution in [2.45, 2.75) is 31.4 Å². The molecular weight excluding hydrogens is 295 g/mol. The fourth-order valence-corrected chi connectivity index (χ4v) is 3.15. The summed E-state index contributed by atoms with van der Waals surface area (Å²) in [5.41, 5.74) is 3.13. The van der Waals surface area contributed by atoms with Crippen LogP contribution in [0.3, 0.4) is 0 Å². The van der Waals surface area contributed by atoms with E-state index >= 15 is 0 Å². The van der Waals surface area contributed by atoms with Gasteiger partial charge in [0, 0.05) is 5.56 Å². The monoisotopic (exact) mass is 312 g/mol. The summed E-state index contributed by atoms with van der Waals surface area (Å²) in [6.07, 6.45) is 3.61. The third-order valence-corrected chi connectivity index (χ3v) is 4.59. The van der Waals surface area contributed by atoms with Crippen molar-refractivity contribution in [3.05, 3.63) is 64.7 Å². The average molecular weight is 312 g/mol. The lowest BCUT2D eigenvalue weighted by molar-refractivity contribution is 0.0918. The number of amides is 1. The minimum Gasteiger partial charge on any atom is -0.376 e. The van der Waals surface area contributed by atoms with Gasteiger partial charge in [0.25, 0.3) is 5.91 Å². The number of aromatic nitrogens is 1. The van der Waals surface area contributed by atoms with Crippen molar-refractivity contribution in [2.75, 3.05) is 6.61 Å². The van der Waals surface area contributed by atoms with E-state index in [4.69, 9.17) is 4.74 Å². The lowest BCUT2D eigenvalue weighted by Crippen LogP contribution is -2.36. The van der Waals surface area contributed by atoms with Crippen LogP contribution in [0.1, 0.15) is 40.0 Å². The Labute approximate surface area is 133 Å². The lowest BCUT2D eigenvalue weighted by Gasteiger charge is -2.22. The van der Waals surface area contributed by atoms with Crippen LogP contribution in [0.25, 0.3) is 0 Å². The van der Waals surface area contributed by atoms with E-state index in [9.17, 15) is 9.18 Å². The Morgan fingerprint density at radius 3 is 2.87 bits per heavy atom. The minimum atomic E-state index is -0.446. The number of hydrogen-bond acceptors (Lipinski definition) is 3. The first kappa shape index (κ1) is 14.3. The molecule has 4 rings (SSSR count). The summed E-state index contributed by atoms with van der Waals surface area (Å²) < 4.78 is 18.5. The van der Waals surface area contributed by atoms with Crippen LogP contribution in [0.2, 0.25) is 0 Å². The number of ether oxygens (including phenoxy) is 1. The summed E-state index contributed by atoms with van der Waals surface area (Å²) in [6.45, 7) is 1.20. The number of benzene rings is 1. The van der Waals surface area contributed by atoms with Crippen molar-refractivity contribution < 1.29 is 13.9 Å². The molecule has 2 heterocycles. The Bertz CT molecular complexity index is 754. The van der Waals surface area contributed by atoms with Gasteiger partial charge in [-0.05, 0) is 48.6 Å². The molecule has 118 valence electrons. The zero-order valence-electron chi connectivity index (χ0n) is 12.6. The molecule has 1 aromatic carbocycles. The van der Waals surface area contributed by atoms with Crippen molar-refractivity contribution in [3.8, 4) is 0 Å². The van der Waals surface area contributed by atoms with Crippen LogP contribution in [0.15, 0.2) is 36.5 Å². The largest absolute Gasteiger partial charge is 0.376 e. The third-order valence-electron chi connectivity index (χ3n) is 4.59. The van der Waals surface area contributed by atoms with E-state index in [0.717, 1.165) is 36.1 Å². The molecule has 1 saturated carbocycles. The SMILES string of the molecule is O=C(NC1(c2ccc(F)cn2)CC1)c1cccc2c1CCOC2. The minimum absolute atomic E-state index is 0.0904. The molecule has 0 atom stereocenters. The topological polar surface area (TPSA) is 51.2 Å². The van der Waals surface area contributed by atoms with E-state index in [1.54, 1.807) is 6.07 Å². The smallest absolute Gasteiger partial charge is 0.252 e. The van der Waals surface area contributed by atoms with E-state index in [2.05, 4.69) is 10.3 Å². The lowest BCUT2D eigenvalue weighted by atomic mass is 9.96. The highest BCUT2D eigenvalue weighted by atomic mass is 19.1. The highest BCUT2D eigenvalue weighted by Crippen LogP contribution is 2.44. The number of nitrogens with one attached hydrogen (secondary N) is 1. The summed E-state index contributed by atoms with van der Waals surface area (Å²) in [4.78, 5) is 16.9. The van der Waals surface area contributed by atoms with Crippen LogP contribution in [-0.2, 0) is 23.3 Å². The summed E-state index contributed by atoms with van der Waals surface area (Å²) in [5.74, 6) is -0.458. The van der Waals surface area contributed by atoms with Crippen molar-refractivity contribution in [1.82, 2.24) is 10.3 Å². The molecule has 4 nitrogen and oxygen atoms in total. The normalized spacial score (nSPS) is 18.1. The van der Waals surface area contributed by atoms with Crippen molar-refractivity contribution >= 4 is 5.91 Å². The molecule has 1 fully saturated rings. The Morgan fingerprint density at radius 2 is 2.13 bits per heavy atom. The molecule has 0 radical (unpaired) electrons. The zero-order chi connectivity index (χ0) is 15.9. The summed E-state index contributed by atoms with van der Waals surface area (Å²) >= 11 is 0. The number of carbonyl (C=O) groups excluding carboxylic acids is 1. The second-order valence-electron chi connectivity index (χ2n) is 6.14. The van der Waals surface area contributed by atoms with E-state index in [0.29, 0.717) is 18.8 Å². The molecule has 1 aromatic heterocycles. The summed E-state index contributed by atoms with van der Waals surface area (Å²) in [6, 6.07) is 8.78. The molecule has 1 aliphatic heterocycles. The maximum absolute atomic E-state index is 13.0. The van der Waals surface area contributed by atoms with Gasteiger partial charge in [0.1, 0.15) is 5.82 Å². The zero-order valence-corrected chi connectivity index (χ0v) is 12.6. The van der Waals surface area contributed by atoms with Crippen LogP contribution in [0.5, 0.6) is 0 Å². The van der Waals surface area contributed by atoms with Gasteiger partial charge in [-0.15, -0.1) is 0 Å². The molecule has 1 aliphatic carbocycles.